The summed E-state index contributed by atoms with van der Waals surface area (Å²) in [5.74, 6) is -2.46. The smallest absolute Gasteiger partial charge is 0.278 e. The lowest BCUT2D eigenvalue weighted by atomic mass is 10.2. The third-order valence-corrected chi connectivity index (χ3v) is 6.04. The minimum absolute atomic E-state index is 0.116. The Morgan fingerprint density at radius 1 is 1.23 bits per heavy atom. The van der Waals surface area contributed by atoms with E-state index in [1.807, 2.05) is 0 Å². The van der Waals surface area contributed by atoms with E-state index < -0.39 is 28.3 Å². The van der Waals surface area contributed by atoms with Crippen molar-refractivity contribution in [3.05, 3.63) is 64.3 Å². The number of carbonyl (C=O) groups is 1. The van der Waals surface area contributed by atoms with Gasteiger partial charge in [-0.05, 0) is 54.4 Å². The van der Waals surface area contributed by atoms with Gasteiger partial charge in [-0.1, -0.05) is 16.1 Å². The number of amides is 1. The SMILES string of the molecule is Cc1cc(F)cc(F)c1NC(=O)c1nnsc1S(=O)c1ccc(Cl)cc1. The van der Waals surface area contributed by atoms with E-state index in [1.54, 1.807) is 24.3 Å². The first-order chi connectivity index (χ1) is 12.4. The van der Waals surface area contributed by atoms with E-state index in [9.17, 15) is 17.8 Å². The van der Waals surface area contributed by atoms with Crippen molar-refractivity contribution in [2.75, 3.05) is 5.32 Å². The Balaban J connectivity index is 1.90. The summed E-state index contributed by atoms with van der Waals surface area (Å²) in [7, 11) is -1.71. The summed E-state index contributed by atoms with van der Waals surface area (Å²) in [6.45, 7) is 1.45. The molecule has 1 N–H and O–H groups in total. The maximum Gasteiger partial charge on any atom is 0.278 e. The Kier molecular flexibility index (Phi) is 5.40. The molecule has 0 aliphatic rings. The van der Waals surface area contributed by atoms with Crippen LogP contribution in [0.1, 0.15) is 16.1 Å². The number of carbonyl (C=O) groups excluding carboxylic acids is 1. The lowest BCUT2D eigenvalue weighted by molar-refractivity contribution is 0.101. The minimum Gasteiger partial charge on any atom is -0.318 e. The summed E-state index contributed by atoms with van der Waals surface area (Å²) in [5.41, 5.74) is -0.154. The normalized spacial score (nSPS) is 12.0. The van der Waals surface area contributed by atoms with E-state index in [1.165, 1.54) is 6.92 Å². The van der Waals surface area contributed by atoms with E-state index in [2.05, 4.69) is 14.9 Å². The van der Waals surface area contributed by atoms with Crippen molar-refractivity contribution in [1.29, 1.82) is 0 Å². The van der Waals surface area contributed by atoms with Crippen LogP contribution in [0.25, 0.3) is 0 Å². The molecule has 0 aliphatic carbocycles. The third kappa shape index (κ3) is 3.79. The molecule has 1 unspecified atom stereocenters. The van der Waals surface area contributed by atoms with Gasteiger partial charge in [0.25, 0.3) is 5.91 Å². The predicted molar refractivity (Wildman–Crippen MR) is 95.1 cm³/mol. The predicted octanol–water partition coefficient (Wildman–Crippen LogP) is 4.20. The average Bonchev–Trinajstić information content (AvgIpc) is 3.07. The summed E-state index contributed by atoms with van der Waals surface area (Å²) in [4.78, 5) is 12.9. The highest BCUT2D eigenvalue weighted by Crippen LogP contribution is 2.26. The molecule has 1 amide bonds. The number of aryl methyl sites for hydroxylation is 1. The van der Waals surface area contributed by atoms with Gasteiger partial charge in [0.2, 0.25) is 0 Å². The van der Waals surface area contributed by atoms with Crippen LogP contribution in [0.3, 0.4) is 0 Å². The second-order valence-electron chi connectivity index (χ2n) is 5.17. The monoisotopic (exact) mass is 413 g/mol. The fourth-order valence-corrected chi connectivity index (χ4v) is 4.25. The van der Waals surface area contributed by atoms with Crippen LogP contribution in [0.4, 0.5) is 14.5 Å². The molecule has 3 rings (SSSR count). The average molecular weight is 414 g/mol. The largest absolute Gasteiger partial charge is 0.318 e. The Labute approximate surface area is 158 Å². The van der Waals surface area contributed by atoms with Crippen LogP contribution < -0.4 is 5.32 Å². The molecule has 0 spiro atoms. The van der Waals surface area contributed by atoms with Gasteiger partial charge < -0.3 is 5.32 Å². The number of hydrogen-bond donors (Lipinski definition) is 1. The van der Waals surface area contributed by atoms with Crippen molar-refractivity contribution in [1.82, 2.24) is 9.59 Å². The fourth-order valence-electron chi connectivity index (χ4n) is 2.14. The van der Waals surface area contributed by atoms with Gasteiger partial charge in [-0.25, -0.2) is 13.0 Å². The topological polar surface area (TPSA) is 72.0 Å². The van der Waals surface area contributed by atoms with Gasteiger partial charge in [0, 0.05) is 16.0 Å². The molecule has 0 saturated heterocycles. The molecule has 5 nitrogen and oxygen atoms in total. The van der Waals surface area contributed by atoms with Gasteiger partial charge in [-0.2, -0.15) is 0 Å². The first kappa shape index (κ1) is 18.6. The number of halogens is 3. The molecular weight excluding hydrogens is 404 g/mol. The van der Waals surface area contributed by atoms with Gasteiger partial charge in [0.1, 0.15) is 11.6 Å². The van der Waals surface area contributed by atoms with Gasteiger partial charge in [-0.15, -0.1) is 5.10 Å². The maximum absolute atomic E-state index is 13.9. The van der Waals surface area contributed by atoms with E-state index in [-0.39, 0.29) is 21.2 Å². The molecule has 1 heterocycles. The van der Waals surface area contributed by atoms with E-state index in [4.69, 9.17) is 11.6 Å². The van der Waals surface area contributed by atoms with Crippen molar-refractivity contribution in [2.24, 2.45) is 0 Å². The van der Waals surface area contributed by atoms with Crippen LogP contribution in [0.5, 0.6) is 0 Å². The van der Waals surface area contributed by atoms with Crippen molar-refractivity contribution in [3.63, 3.8) is 0 Å². The van der Waals surface area contributed by atoms with Gasteiger partial charge >= 0.3 is 0 Å². The van der Waals surface area contributed by atoms with Crippen LogP contribution in [0.15, 0.2) is 45.5 Å². The van der Waals surface area contributed by atoms with Gasteiger partial charge in [0.05, 0.1) is 16.5 Å². The number of anilines is 1. The summed E-state index contributed by atoms with van der Waals surface area (Å²) in [6, 6.07) is 8.01. The molecule has 2 aromatic carbocycles. The van der Waals surface area contributed by atoms with Crippen LogP contribution in [-0.2, 0) is 10.8 Å². The number of benzene rings is 2. The molecule has 1 atom stereocenters. The highest BCUT2D eigenvalue weighted by atomic mass is 35.5. The second kappa shape index (κ2) is 7.56. The Morgan fingerprint density at radius 2 is 1.92 bits per heavy atom. The third-order valence-electron chi connectivity index (χ3n) is 3.36. The fraction of sp³-hybridized carbons (Fsp3) is 0.0625. The zero-order chi connectivity index (χ0) is 18.8. The van der Waals surface area contributed by atoms with Crippen molar-refractivity contribution in [3.8, 4) is 0 Å². The Bertz CT molecular complexity index is 986. The molecule has 0 radical (unpaired) electrons. The molecule has 10 heteroatoms. The Hall–Kier alpha value is -2.23. The highest BCUT2D eigenvalue weighted by molar-refractivity contribution is 7.87. The molecule has 3 aromatic rings. The highest BCUT2D eigenvalue weighted by Gasteiger charge is 2.24. The first-order valence-corrected chi connectivity index (χ1v) is 9.43. The zero-order valence-corrected chi connectivity index (χ0v) is 15.5. The number of nitrogens with one attached hydrogen (secondary N) is 1. The number of hydrogen-bond acceptors (Lipinski definition) is 5. The van der Waals surface area contributed by atoms with Crippen LogP contribution in [0.2, 0.25) is 5.02 Å². The summed E-state index contributed by atoms with van der Waals surface area (Å²) in [6.07, 6.45) is 0. The lowest BCUT2D eigenvalue weighted by Crippen LogP contribution is -2.16. The number of nitrogens with zero attached hydrogens (tertiary/aromatic N) is 2. The molecule has 26 heavy (non-hydrogen) atoms. The van der Waals surface area contributed by atoms with E-state index in [0.717, 1.165) is 17.6 Å². The molecule has 134 valence electrons. The maximum atomic E-state index is 13.9. The summed E-state index contributed by atoms with van der Waals surface area (Å²) >= 11 is 6.60. The lowest BCUT2D eigenvalue weighted by Gasteiger charge is -2.09. The molecule has 0 fully saturated rings. The number of aromatic nitrogens is 2. The van der Waals surface area contributed by atoms with E-state index in [0.29, 0.717) is 16.0 Å². The van der Waals surface area contributed by atoms with Crippen LogP contribution >= 0.6 is 23.1 Å². The first-order valence-electron chi connectivity index (χ1n) is 7.13. The Morgan fingerprint density at radius 3 is 2.58 bits per heavy atom. The van der Waals surface area contributed by atoms with Gasteiger partial charge in [-0.3, -0.25) is 4.79 Å². The quantitative estimate of drug-likeness (QED) is 0.695. The van der Waals surface area contributed by atoms with Crippen LogP contribution in [0, 0.1) is 18.6 Å². The van der Waals surface area contributed by atoms with Gasteiger partial charge in [0.15, 0.2) is 9.90 Å². The molecular formula is C16H10ClF2N3O2S2. The molecule has 0 aliphatic heterocycles. The van der Waals surface area contributed by atoms with Crippen molar-refractivity contribution in [2.45, 2.75) is 16.0 Å². The standard InChI is InChI=1S/C16H10ClF2N3O2S2/c1-8-6-10(18)7-12(19)13(8)20-15(23)14-16(25-22-21-14)26(24)11-4-2-9(17)3-5-11/h2-7H,1H3,(H,20,23). The second-order valence-corrected chi connectivity index (χ2v) is 8.03. The summed E-state index contributed by atoms with van der Waals surface area (Å²) < 4.78 is 43.5. The van der Waals surface area contributed by atoms with Crippen LogP contribution in [-0.4, -0.2) is 19.7 Å². The number of rotatable bonds is 4. The molecule has 0 saturated carbocycles. The summed E-state index contributed by atoms with van der Waals surface area (Å²) in [5, 5.41) is 6.51. The molecule has 1 aromatic heterocycles. The zero-order valence-electron chi connectivity index (χ0n) is 13.1. The molecule has 0 bridgehead atoms. The van der Waals surface area contributed by atoms with Crippen molar-refractivity contribution >= 4 is 45.5 Å². The minimum atomic E-state index is -1.71. The van der Waals surface area contributed by atoms with Crippen molar-refractivity contribution < 1.29 is 17.8 Å². The van der Waals surface area contributed by atoms with E-state index >= 15 is 0 Å².